The van der Waals surface area contributed by atoms with Gasteiger partial charge in [0.05, 0.1) is 0 Å². The van der Waals surface area contributed by atoms with Gasteiger partial charge in [-0.05, 0) is 47.6 Å². The lowest BCUT2D eigenvalue weighted by Crippen LogP contribution is -2.20. The van der Waals surface area contributed by atoms with Crippen LogP contribution in [0, 0.1) is 11.3 Å². The third-order valence-electron chi connectivity index (χ3n) is 3.86. The Hall–Kier alpha value is -0.340. The molecule has 1 atom stereocenters. The van der Waals surface area contributed by atoms with Crippen LogP contribution in [-0.4, -0.2) is 0 Å². The molecule has 0 bridgehead atoms. The van der Waals surface area contributed by atoms with E-state index in [2.05, 4.69) is 39.1 Å². The Morgan fingerprint density at radius 1 is 1.44 bits per heavy atom. The molecule has 2 rings (SSSR count). The smallest absolute Gasteiger partial charge is 0.0276 e. The van der Waals surface area contributed by atoms with E-state index in [1.165, 1.54) is 36.1 Å². The van der Waals surface area contributed by atoms with Gasteiger partial charge in [-0.3, -0.25) is 0 Å². The lowest BCUT2D eigenvalue weighted by molar-refractivity contribution is 0.191. The number of aryl methyl sites for hydroxylation is 1. The van der Waals surface area contributed by atoms with Gasteiger partial charge in [-0.2, -0.15) is 0 Å². The summed E-state index contributed by atoms with van der Waals surface area (Å²) < 4.78 is 0. The average molecular weight is 267 g/mol. The summed E-state index contributed by atoms with van der Waals surface area (Å²) in [4.78, 5) is 1.33. The van der Waals surface area contributed by atoms with Crippen LogP contribution in [-0.2, 0) is 13.0 Å². The quantitative estimate of drug-likeness (QED) is 0.802. The molecule has 2 heteroatoms. The van der Waals surface area contributed by atoms with Crippen LogP contribution in [0.2, 0.25) is 0 Å². The molecule has 104 valence electrons. The van der Waals surface area contributed by atoms with Crippen LogP contribution in [0.1, 0.15) is 63.8 Å². The van der Waals surface area contributed by atoms with Crippen molar-refractivity contribution >= 4 is 11.3 Å². The third kappa shape index (κ3) is 5.11. The summed E-state index contributed by atoms with van der Waals surface area (Å²) in [7, 11) is 0. The van der Waals surface area contributed by atoms with Crippen molar-refractivity contribution in [2.24, 2.45) is 17.1 Å². The second kappa shape index (κ2) is 7.30. The SMILES string of the molecule is CC1CCCC(C)(C)C1.CCc1ccsc1CN. The average Bonchev–Trinajstić information content (AvgIpc) is 2.75. The fraction of sp³-hybridized carbons (Fsp3) is 0.750. The van der Waals surface area contributed by atoms with Gasteiger partial charge < -0.3 is 5.73 Å². The number of rotatable bonds is 2. The van der Waals surface area contributed by atoms with Gasteiger partial charge in [-0.1, -0.05) is 40.5 Å². The van der Waals surface area contributed by atoms with Crippen molar-refractivity contribution in [2.45, 2.75) is 66.3 Å². The number of nitrogens with two attached hydrogens (primary N) is 1. The van der Waals surface area contributed by atoms with Crippen LogP contribution in [0.15, 0.2) is 11.4 Å². The molecule has 1 aromatic rings. The Morgan fingerprint density at radius 3 is 2.56 bits per heavy atom. The van der Waals surface area contributed by atoms with Crippen molar-refractivity contribution in [1.82, 2.24) is 0 Å². The van der Waals surface area contributed by atoms with Gasteiger partial charge in [0.25, 0.3) is 0 Å². The Kier molecular flexibility index (Phi) is 6.37. The fourth-order valence-electron chi connectivity index (χ4n) is 2.94. The van der Waals surface area contributed by atoms with Crippen molar-refractivity contribution in [2.75, 3.05) is 0 Å². The van der Waals surface area contributed by atoms with Crippen LogP contribution < -0.4 is 5.73 Å². The molecule has 1 unspecified atom stereocenters. The van der Waals surface area contributed by atoms with Gasteiger partial charge in [-0.15, -0.1) is 11.3 Å². The van der Waals surface area contributed by atoms with Crippen molar-refractivity contribution in [3.05, 3.63) is 21.9 Å². The molecule has 0 aliphatic heterocycles. The first-order valence-corrected chi connectivity index (χ1v) is 8.11. The van der Waals surface area contributed by atoms with Gasteiger partial charge in [0.1, 0.15) is 0 Å². The van der Waals surface area contributed by atoms with E-state index in [1.54, 1.807) is 11.3 Å². The van der Waals surface area contributed by atoms with E-state index in [-0.39, 0.29) is 0 Å². The third-order valence-corrected chi connectivity index (χ3v) is 4.84. The molecule has 18 heavy (non-hydrogen) atoms. The summed E-state index contributed by atoms with van der Waals surface area (Å²) in [6.07, 6.45) is 6.90. The number of thiophene rings is 1. The van der Waals surface area contributed by atoms with Crippen LogP contribution >= 0.6 is 11.3 Å². The zero-order valence-corrected chi connectivity index (χ0v) is 13.3. The topological polar surface area (TPSA) is 26.0 Å². The molecule has 1 aliphatic carbocycles. The molecule has 0 spiro atoms. The monoisotopic (exact) mass is 267 g/mol. The minimum Gasteiger partial charge on any atom is -0.326 e. The normalized spacial score (nSPS) is 22.2. The standard InChI is InChI=1S/C9H18.C7H11NS/c1-8-5-4-6-9(2,3)7-8;1-2-6-3-4-9-7(6)5-8/h8H,4-7H2,1-3H3;3-4H,2,5,8H2,1H3. The second-order valence-corrected chi connectivity index (χ2v) is 7.29. The molecule has 1 aromatic heterocycles. The maximum atomic E-state index is 5.48. The van der Waals surface area contributed by atoms with Gasteiger partial charge in [0, 0.05) is 11.4 Å². The second-order valence-electron chi connectivity index (χ2n) is 6.29. The van der Waals surface area contributed by atoms with E-state index in [0.29, 0.717) is 12.0 Å². The van der Waals surface area contributed by atoms with Crippen molar-refractivity contribution in [1.29, 1.82) is 0 Å². The first-order valence-electron chi connectivity index (χ1n) is 7.24. The first kappa shape index (κ1) is 15.7. The lowest BCUT2D eigenvalue weighted by Gasteiger charge is -2.33. The summed E-state index contributed by atoms with van der Waals surface area (Å²) >= 11 is 1.75. The van der Waals surface area contributed by atoms with Gasteiger partial charge in [0.2, 0.25) is 0 Å². The zero-order chi connectivity index (χ0) is 13.6. The highest BCUT2D eigenvalue weighted by Crippen LogP contribution is 2.37. The highest BCUT2D eigenvalue weighted by molar-refractivity contribution is 7.10. The minimum absolute atomic E-state index is 0.650. The molecular formula is C16H29NS. The predicted octanol–water partition coefficient (Wildman–Crippen LogP) is 4.99. The lowest BCUT2D eigenvalue weighted by atomic mass is 9.73. The van der Waals surface area contributed by atoms with Crippen LogP contribution in [0.4, 0.5) is 0 Å². The fourth-order valence-corrected chi connectivity index (χ4v) is 3.79. The molecular weight excluding hydrogens is 238 g/mol. The summed E-state index contributed by atoms with van der Waals surface area (Å²) in [5.41, 5.74) is 7.54. The van der Waals surface area contributed by atoms with Crippen LogP contribution in [0.25, 0.3) is 0 Å². The van der Waals surface area contributed by atoms with Gasteiger partial charge >= 0.3 is 0 Å². The number of hydrogen-bond donors (Lipinski definition) is 1. The van der Waals surface area contributed by atoms with Crippen molar-refractivity contribution in [3.63, 3.8) is 0 Å². The van der Waals surface area contributed by atoms with E-state index in [0.717, 1.165) is 12.3 Å². The van der Waals surface area contributed by atoms with E-state index in [9.17, 15) is 0 Å². The minimum atomic E-state index is 0.650. The Labute approximate surface area is 117 Å². The van der Waals surface area contributed by atoms with Crippen molar-refractivity contribution < 1.29 is 0 Å². The molecule has 2 N–H and O–H groups in total. The molecule has 0 radical (unpaired) electrons. The Bertz CT molecular complexity index is 322. The highest BCUT2D eigenvalue weighted by Gasteiger charge is 2.24. The van der Waals surface area contributed by atoms with E-state index >= 15 is 0 Å². The van der Waals surface area contributed by atoms with Gasteiger partial charge in [-0.25, -0.2) is 0 Å². The van der Waals surface area contributed by atoms with E-state index in [1.807, 2.05) is 0 Å². The molecule has 1 heterocycles. The summed E-state index contributed by atoms with van der Waals surface area (Å²) in [6.45, 7) is 10.0. The first-order chi connectivity index (χ1) is 8.48. The van der Waals surface area contributed by atoms with E-state index < -0.39 is 0 Å². The summed E-state index contributed by atoms with van der Waals surface area (Å²) in [6, 6.07) is 2.15. The van der Waals surface area contributed by atoms with Crippen LogP contribution in [0.3, 0.4) is 0 Å². The summed E-state index contributed by atoms with van der Waals surface area (Å²) in [5, 5.41) is 2.10. The maximum Gasteiger partial charge on any atom is 0.0276 e. The van der Waals surface area contributed by atoms with E-state index in [4.69, 9.17) is 5.73 Å². The predicted molar refractivity (Wildman–Crippen MR) is 83.0 cm³/mol. The molecule has 0 aromatic carbocycles. The molecule has 1 nitrogen and oxygen atoms in total. The molecule has 0 saturated heterocycles. The van der Waals surface area contributed by atoms with Crippen molar-refractivity contribution in [3.8, 4) is 0 Å². The largest absolute Gasteiger partial charge is 0.326 e. The highest BCUT2D eigenvalue weighted by atomic mass is 32.1. The molecule has 1 fully saturated rings. The molecule has 1 aliphatic rings. The Balaban J connectivity index is 0.000000180. The van der Waals surface area contributed by atoms with Crippen LogP contribution in [0.5, 0.6) is 0 Å². The number of hydrogen-bond acceptors (Lipinski definition) is 2. The summed E-state index contributed by atoms with van der Waals surface area (Å²) in [5.74, 6) is 0.980. The maximum absolute atomic E-state index is 5.48. The molecule has 1 saturated carbocycles. The zero-order valence-electron chi connectivity index (χ0n) is 12.5. The van der Waals surface area contributed by atoms with Gasteiger partial charge in [0.15, 0.2) is 0 Å². The molecule has 0 amide bonds. The Morgan fingerprint density at radius 2 is 2.17 bits per heavy atom.